The summed E-state index contributed by atoms with van der Waals surface area (Å²) in [4.78, 5) is 22.5. The van der Waals surface area contributed by atoms with Crippen molar-refractivity contribution >= 4 is 11.9 Å². The smallest absolute Gasteiger partial charge is 0.162 e. The first-order valence-corrected chi connectivity index (χ1v) is 9.01. The molecule has 0 radical (unpaired) electrons. The molecule has 0 fully saturated rings. The standard InChI is InChI=1S/C19H18N8/c1-2-4-14-16(24-12-27-18(14)23-11-25-27)10-26-8-7-21-19(26)17-13(15-9-22-15)5-3-6-20-17/h3,5-9,11-12,15H,2,4,10H2,1H3. The van der Waals surface area contributed by atoms with Crippen molar-refractivity contribution in [1.29, 1.82) is 0 Å². The lowest BCUT2D eigenvalue weighted by molar-refractivity contribution is 0.742. The Labute approximate surface area is 155 Å². The molecular formula is C19H18N8. The molecule has 0 N–H and O–H groups in total. The van der Waals surface area contributed by atoms with Crippen molar-refractivity contribution in [2.45, 2.75) is 32.4 Å². The number of aryl methyl sites for hydroxylation is 1. The Morgan fingerprint density at radius 1 is 1.11 bits per heavy atom. The van der Waals surface area contributed by atoms with E-state index in [1.807, 2.05) is 18.5 Å². The van der Waals surface area contributed by atoms with Crippen molar-refractivity contribution in [2.24, 2.45) is 4.99 Å². The zero-order valence-corrected chi connectivity index (χ0v) is 14.9. The van der Waals surface area contributed by atoms with E-state index < -0.39 is 0 Å². The number of nitrogens with zero attached hydrogens (tertiary/aromatic N) is 8. The third kappa shape index (κ3) is 2.79. The summed E-state index contributed by atoms with van der Waals surface area (Å²) in [7, 11) is 0. The van der Waals surface area contributed by atoms with Crippen LogP contribution in [0.4, 0.5) is 0 Å². The van der Waals surface area contributed by atoms with Gasteiger partial charge in [0.1, 0.15) is 24.4 Å². The first-order chi connectivity index (χ1) is 13.3. The number of fused-ring (bicyclic) bond motifs is 1. The maximum atomic E-state index is 4.64. The molecule has 0 saturated carbocycles. The summed E-state index contributed by atoms with van der Waals surface area (Å²) in [5.41, 5.74) is 4.93. The zero-order chi connectivity index (χ0) is 18.2. The van der Waals surface area contributed by atoms with Gasteiger partial charge in [-0.3, -0.25) is 9.98 Å². The summed E-state index contributed by atoms with van der Waals surface area (Å²) in [6.45, 7) is 2.76. The fraction of sp³-hybridized carbons (Fsp3) is 0.263. The van der Waals surface area contributed by atoms with E-state index in [2.05, 4.69) is 47.6 Å². The average molecular weight is 358 g/mol. The number of hydrogen-bond donors (Lipinski definition) is 0. The highest BCUT2D eigenvalue weighted by Crippen LogP contribution is 2.31. The monoisotopic (exact) mass is 358 g/mol. The second kappa shape index (κ2) is 6.39. The van der Waals surface area contributed by atoms with E-state index in [1.165, 1.54) is 0 Å². The van der Waals surface area contributed by atoms with Gasteiger partial charge in [-0.25, -0.2) is 19.5 Å². The Morgan fingerprint density at radius 3 is 2.89 bits per heavy atom. The molecule has 4 aromatic rings. The summed E-state index contributed by atoms with van der Waals surface area (Å²) >= 11 is 0. The summed E-state index contributed by atoms with van der Waals surface area (Å²) in [5, 5.41) is 4.20. The van der Waals surface area contributed by atoms with Crippen LogP contribution in [0.5, 0.6) is 0 Å². The van der Waals surface area contributed by atoms with Gasteiger partial charge in [0.15, 0.2) is 11.5 Å². The minimum absolute atomic E-state index is 0.125. The molecule has 134 valence electrons. The molecule has 1 aliphatic heterocycles. The third-order valence-electron chi connectivity index (χ3n) is 4.72. The van der Waals surface area contributed by atoms with E-state index in [0.29, 0.717) is 6.54 Å². The average Bonchev–Trinajstić information content (AvgIpc) is 3.25. The van der Waals surface area contributed by atoms with Crippen LogP contribution in [0, 0.1) is 0 Å². The summed E-state index contributed by atoms with van der Waals surface area (Å²) in [6.07, 6.45) is 12.7. The van der Waals surface area contributed by atoms with Gasteiger partial charge in [0.25, 0.3) is 0 Å². The topological polar surface area (TPSA) is 86.2 Å². The number of aromatic nitrogens is 7. The predicted molar refractivity (Wildman–Crippen MR) is 101 cm³/mol. The Kier molecular flexibility index (Phi) is 3.74. The predicted octanol–water partition coefficient (Wildman–Crippen LogP) is 2.51. The Hall–Kier alpha value is -3.42. The van der Waals surface area contributed by atoms with Gasteiger partial charge >= 0.3 is 0 Å². The van der Waals surface area contributed by atoms with Crippen LogP contribution in [-0.2, 0) is 13.0 Å². The van der Waals surface area contributed by atoms with Gasteiger partial charge in [0, 0.05) is 35.9 Å². The minimum atomic E-state index is 0.125. The molecule has 0 aromatic carbocycles. The summed E-state index contributed by atoms with van der Waals surface area (Å²) < 4.78 is 3.81. The fourth-order valence-corrected chi connectivity index (χ4v) is 3.39. The molecule has 5 rings (SSSR count). The van der Waals surface area contributed by atoms with Gasteiger partial charge < -0.3 is 4.57 Å². The molecule has 0 bridgehead atoms. The van der Waals surface area contributed by atoms with Gasteiger partial charge in [0.2, 0.25) is 0 Å². The number of pyridine rings is 1. The molecule has 4 aromatic heterocycles. The van der Waals surface area contributed by atoms with Crippen LogP contribution < -0.4 is 0 Å². The maximum absolute atomic E-state index is 4.64. The summed E-state index contributed by atoms with van der Waals surface area (Å²) in [5.74, 6) is 0.826. The molecule has 8 nitrogen and oxygen atoms in total. The van der Waals surface area contributed by atoms with E-state index in [0.717, 1.165) is 46.8 Å². The van der Waals surface area contributed by atoms with E-state index in [1.54, 1.807) is 29.6 Å². The molecule has 1 unspecified atom stereocenters. The van der Waals surface area contributed by atoms with Crippen LogP contribution in [0.25, 0.3) is 17.2 Å². The Morgan fingerprint density at radius 2 is 2.04 bits per heavy atom. The quantitative estimate of drug-likeness (QED) is 0.529. The lowest BCUT2D eigenvalue weighted by Gasteiger charge is -2.13. The highest BCUT2D eigenvalue weighted by atomic mass is 15.3. The van der Waals surface area contributed by atoms with E-state index >= 15 is 0 Å². The summed E-state index contributed by atoms with van der Waals surface area (Å²) in [6, 6.07) is 4.12. The van der Waals surface area contributed by atoms with Gasteiger partial charge in [-0.2, -0.15) is 5.10 Å². The van der Waals surface area contributed by atoms with Crippen molar-refractivity contribution < 1.29 is 0 Å². The van der Waals surface area contributed by atoms with Crippen molar-refractivity contribution in [2.75, 3.05) is 0 Å². The fourth-order valence-electron chi connectivity index (χ4n) is 3.39. The van der Waals surface area contributed by atoms with Crippen LogP contribution in [0.2, 0.25) is 0 Å². The molecule has 0 saturated heterocycles. The van der Waals surface area contributed by atoms with Gasteiger partial charge in [-0.1, -0.05) is 19.4 Å². The molecule has 5 heterocycles. The molecule has 1 atom stereocenters. The van der Waals surface area contributed by atoms with Crippen molar-refractivity contribution in [3.63, 3.8) is 0 Å². The Balaban J connectivity index is 1.56. The van der Waals surface area contributed by atoms with Crippen LogP contribution in [0.3, 0.4) is 0 Å². The van der Waals surface area contributed by atoms with Crippen LogP contribution >= 0.6 is 0 Å². The van der Waals surface area contributed by atoms with Gasteiger partial charge in [0.05, 0.1) is 12.2 Å². The minimum Gasteiger partial charge on any atom is -0.324 e. The molecule has 0 spiro atoms. The zero-order valence-electron chi connectivity index (χ0n) is 14.9. The van der Waals surface area contributed by atoms with E-state index in [4.69, 9.17) is 0 Å². The lowest BCUT2D eigenvalue weighted by Crippen LogP contribution is -2.10. The third-order valence-corrected chi connectivity index (χ3v) is 4.72. The molecule has 27 heavy (non-hydrogen) atoms. The van der Waals surface area contributed by atoms with Gasteiger partial charge in [-0.05, 0) is 12.5 Å². The molecular weight excluding hydrogens is 340 g/mol. The normalized spacial score (nSPS) is 15.5. The highest BCUT2D eigenvalue weighted by Gasteiger charge is 2.23. The van der Waals surface area contributed by atoms with Crippen molar-refractivity contribution in [3.05, 3.63) is 60.2 Å². The van der Waals surface area contributed by atoms with Gasteiger partial charge in [-0.15, -0.1) is 0 Å². The first-order valence-electron chi connectivity index (χ1n) is 9.01. The second-order valence-corrected chi connectivity index (χ2v) is 6.51. The van der Waals surface area contributed by atoms with Crippen molar-refractivity contribution in [3.8, 4) is 11.5 Å². The molecule has 0 amide bonds. The largest absolute Gasteiger partial charge is 0.324 e. The van der Waals surface area contributed by atoms with Crippen molar-refractivity contribution in [1.82, 2.24) is 34.1 Å². The number of aliphatic imine (C=N–C) groups is 1. The molecule has 8 heteroatoms. The number of rotatable bonds is 6. The molecule has 0 aliphatic carbocycles. The Bertz CT molecular complexity index is 1130. The highest BCUT2D eigenvalue weighted by molar-refractivity contribution is 5.82. The SMILES string of the molecule is CCCc1c(Cn2ccnc2-c2ncccc2C2C=N2)ncn2ncnc12. The second-order valence-electron chi connectivity index (χ2n) is 6.51. The van der Waals surface area contributed by atoms with E-state index in [9.17, 15) is 0 Å². The first kappa shape index (κ1) is 15.8. The van der Waals surface area contributed by atoms with Crippen LogP contribution in [-0.4, -0.2) is 40.3 Å². The number of imidazole rings is 1. The van der Waals surface area contributed by atoms with Crippen LogP contribution in [0.1, 0.15) is 36.2 Å². The maximum Gasteiger partial charge on any atom is 0.162 e. The van der Waals surface area contributed by atoms with Crippen LogP contribution in [0.15, 0.2) is 48.4 Å². The number of hydrogen-bond acceptors (Lipinski definition) is 6. The molecule has 1 aliphatic rings. The lowest BCUT2D eigenvalue weighted by atomic mass is 10.1. The van der Waals surface area contributed by atoms with E-state index in [-0.39, 0.29) is 6.04 Å².